The Bertz CT molecular complexity index is 216. The molecule has 0 aliphatic carbocycles. The first-order valence-corrected chi connectivity index (χ1v) is 12.1. The summed E-state index contributed by atoms with van der Waals surface area (Å²) in [5, 5.41) is 0. The van der Waals surface area contributed by atoms with E-state index in [2.05, 4.69) is 27.7 Å². The zero-order valence-electron chi connectivity index (χ0n) is 13.6. The van der Waals surface area contributed by atoms with Crippen molar-refractivity contribution in [1.82, 2.24) is 0 Å². The Balaban J connectivity index is 2.03. The number of hydrogen-bond acceptors (Lipinski definition) is 0. The molecule has 2 saturated heterocycles. The second-order valence-electron chi connectivity index (χ2n) is 6.57. The number of hydrogen-bond donors (Lipinski definition) is 0. The van der Waals surface area contributed by atoms with Gasteiger partial charge in [0.05, 0.1) is 0 Å². The summed E-state index contributed by atoms with van der Waals surface area (Å²) >= 11 is 0. The van der Waals surface area contributed by atoms with Gasteiger partial charge in [-0.15, -0.1) is 0 Å². The van der Waals surface area contributed by atoms with Crippen LogP contribution in [-0.2, 0) is 0 Å². The maximum Gasteiger partial charge on any atom is -0.0111 e. The minimum atomic E-state index is 0.381. The predicted octanol–water partition coefficient (Wildman–Crippen LogP) is 6.61. The largest absolute Gasteiger partial charge is 0.0959 e. The van der Waals surface area contributed by atoms with Crippen LogP contribution in [0, 0.1) is 0 Å². The summed E-state index contributed by atoms with van der Waals surface area (Å²) in [7, 11) is 0.762. The molecule has 0 aromatic carbocycles. The van der Waals surface area contributed by atoms with Crippen LogP contribution in [0.2, 0.25) is 0 Å². The van der Waals surface area contributed by atoms with E-state index in [4.69, 9.17) is 0 Å². The van der Waals surface area contributed by atoms with Gasteiger partial charge in [0.15, 0.2) is 0 Å². The molecule has 4 atom stereocenters. The molecule has 0 spiro atoms. The van der Waals surface area contributed by atoms with E-state index in [0.717, 1.165) is 22.6 Å². The molecule has 0 unspecified atom stereocenters. The molecule has 19 heavy (non-hydrogen) atoms. The van der Waals surface area contributed by atoms with Gasteiger partial charge < -0.3 is 0 Å². The molecule has 0 N–H and O–H groups in total. The highest BCUT2D eigenvalue weighted by molar-refractivity contribution is 7.76. The molecule has 0 bridgehead atoms. The van der Waals surface area contributed by atoms with Crippen LogP contribution in [0.4, 0.5) is 0 Å². The van der Waals surface area contributed by atoms with Gasteiger partial charge in [0, 0.05) is 0 Å². The Morgan fingerprint density at radius 3 is 1.05 bits per heavy atom. The van der Waals surface area contributed by atoms with Crippen LogP contribution in [0.25, 0.3) is 0 Å². The second kappa shape index (κ2) is 7.75. The third-order valence-corrected chi connectivity index (χ3v) is 14.6. The highest BCUT2D eigenvalue weighted by atomic mass is 31.2. The lowest BCUT2D eigenvalue weighted by molar-refractivity contribution is 0.696. The Labute approximate surface area is 124 Å². The van der Waals surface area contributed by atoms with Gasteiger partial charge >= 0.3 is 0 Å². The molecule has 0 radical (unpaired) electrons. The molecule has 2 aliphatic heterocycles. The highest BCUT2D eigenvalue weighted by Gasteiger charge is 2.40. The van der Waals surface area contributed by atoms with Gasteiger partial charge in [-0.1, -0.05) is 43.5 Å². The van der Waals surface area contributed by atoms with E-state index in [9.17, 15) is 0 Å². The topological polar surface area (TPSA) is 0 Å². The van der Waals surface area contributed by atoms with Crippen molar-refractivity contribution in [1.29, 1.82) is 0 Å². The quantitative estimate of drug-likeness (QED) is 0.484. The molecule has 2 rings (SSSR count). The van der Waals surface area contributed by atoms with E-state index < -0.39 is 0 Å². The molecule has 2 heteroatoms. The van der Waals surface area contributed by atoms with Crippen LogP contribution in [-0.4, -0.2) is 28.5 Å². The first kappa shape index (κ1) is 16.2. The summed E-state index contributed by atoms with van der Waals surface area (Å²) in [4.78, 5) is 0. The van der Waals surface area contributed by atoms with Crippen LogP contribution in [0.5, 0.6) is 0 Å². The number of rotatable bonds is 6. The second-order valence-corrected chi connectivity index (χ2v) is 12.7. The van der Waals surface area contributed by atoms with Crippen molar-refractivity contribution in [3.63, 3.8) is 0 Å². The lowest BCUT2D eigenvalue weighted by atomic mass is 10.1. The van der Waals surface area contributed by atoms with Crippen molar-refractivity contribution < 1.29 is 0 Å². The Morgan fingerprint density at radius 1 is 0.579 bits per heavy atom. The third kappa shape index (κ3) is 3.55. The zero-order valence-corrected chi connectivity index (χ0v) is 15.4. The minimum Gasteiger partial charge on any atom is -0.0959 e. The van der Waals surface area contributed by atoms with Crippen LogP contribution in [0.15, 0.2) is 0 Å². The fraction of sp³-hybridized carbons (Fsp3) is 1.00. The predicted molar refractivity (Wildman–Crippen MR) is 93.5 cm³/mol. The molecule has 0 amide bonds. The van der Waals surface area contributed by atoms with E-state index in [1.165, 1.54) is 25.7 Å². The standard InChI is InChI=1S/C17H34P2/c1-5-14-9-10-15(6-2)18(14)13-19-16(7-3)11-12-17(19)8-4/h14-17H,5-13H2,1-4H3/t14-,15-,16-,17-/m1/s1. The fourth-order valence-electron chi connectivity index (χ4n) is 4.43. The first-order chi connectivity index (χ1) is 9.24. The van der Waals surface area contributed by atoms with Gasteiger partial charge in [-0.2, -0.15) is 0 Å². The first-order valence-electron chi connectivity index (χ1n) is 8.76. The van der Waals surface area contributed by atoms with Crippen molar-refractivity contribution in [3.05, 3.63) is 0 Å². The maximum absolute atomic E-state index is 2.45. The molecular formula is C17H34P2. The summed E-state index contributed by atoms with van der Waals surface area (Å²) in [5.41, 5.74) is 4.55. The van der Waals surface area contributed by atoms with Crippen molar-refractivity contribution >= 4 is 15.8 Å². The van der Waals surface area contributed by atoms with Gasteiger partial charge in [-0.25, -0.2) is 0 Å². The summed E-state index contributed by atoms with van der Waals surface area (Å²) in [5.74, 6) is 1.71. The SMILES string of the molecule is CC[C@@H]1CC[C@@H](CC)P1CP1[C@H](CC)CC[C@H]1CC. The van der Waals surface area contributed by atoms with E-state index in [-0.39, 0.29) is 0 Å². The van der Waals surface area contributed by atoms with E-state index in [0.29, 0.717) is 15.8 Å². The van der Waals surface area contributed by atoms with Crippen molar-refractivity contribution in [2.75, 3.05) is 5.90 Å². The van der Waals surface area contributed by atoms with Gasteiger partial charge in [0.2, 0.25) is 0 Å². The minimum absolute atomic E-state index is 0.381. The summed E-state index contributed by atoms with van der Waals surface area (Å²) in [6, 6.07) is 0. The molecule has 0 aromatic heterocycles. The van der Waals surface area contributed by atoms with Crippen LogP contribution < -0.4 is 0 Å². The van der Waals surface area contributed by atoms with Crippen molar-refractivity contribution in [2.45, 2.75) is 102 Å². The van der Waals surface area contributed by atoms with Crippen LogP contribution in [0.1, 0.15) is 79.1 Å². The molecule has 2 aliphatic rings. The molecule has 0 aromatic rings. The Hall–Kier alpha value is 0.860. The van der Waals surface area contributed by atoms with Gasteiger partial charge in [0.25, 0.3) is 0 Å². The summed E-state index contributed by atoms with van der Waals surface area (Å²) in [6.45, 7) is 9.81. The van der Waals surface area contributed by atoms with E-state index in [1.807, 2.05) is 0 Å². The average Bonchev–Trinajstić information content (AvgIpc) is 3.02. The highest BCUT2D eigenvalue weighted by Crippen LogP contribution is 2.69. The van der Waals surface area contributed by atoms with Crippen molar-refractivity contribution in [2.24, 2.45) is 0 Å². The monoisotopic (exact) mass is 300 g/mol. The summed E-state index contributed by atoms with van der Waals surface area (Å²) < 4.78 is 0. The zero-order chi connectivity index (χ0) is 13.8. The molecule has 0 saturated carbocycles. The Morgan fingerprint density at radius 2 is 0.842 bits per heavy atom. The maximum atomic E-state index is 2.45. The molecule has 2 heterocycles. The summed E-state index contributed by atoms with van der Waals surface area (Å²) in [6.07, 6.45) is 12.2. The van der Waals surface area contributed by atoms with Crippen LogP contribution in [0.3, 0.4) is 0 Å². The molecular weight excluding hydrogens is 266 g/mol. The fourth-order valence-corrected chi connectivity index (χ4v) is 14.6. The van der Waals surface area contributed by atoms with Crippen LogP contribution >= 0.6 is 15.8 Å². The van der Waals surface area contributed by atoms with Gasteiger partial charge in [-0.3, -0.25) is 0 Å². The molecule has 2 fully saturated rings. The van der Waals surface area contributed by atoms with Crippen molar-refractivity contribution in [3.8, 4) is 0 Å². The lowest BCUT2D eigenvalue weighted by Crippen LogP contribution is -2.11. The van der Waals surface area contributed by atoms with Gasteiger partial charge in [0.1, 0.15) is 0 Å². The van der Waals surface area contributed by atoms with E-state index >= 15 is 0 Å². The molecule has 112 valence electrons. The molecule has 0 nitrogen and oxygen atoms in total. The van der Waals surface area contributed by atoms with Gasteiger partial charge in [-0.05, 0) is 79.9 Å². The normalized spacial score (nSPS) is 37.3. The lowest BCUT2D eigenvalue weighted by Gasteiger charge is -2.33. The average molecular weight is 300 g/mol. The Kier molecular flexibility index (Phi) is 6.62. The van der Waals surface area contributed by atoms with E-state index in [1.54, 1.807) is 31.6 Å². The smallest absolute Gasteiger partial charge is 0.0111 e. The third-order valence-electron chi connectivity index (χ3n) is 5.75.